The lowest BCUT2D eigenvalue weighted by Crippen LogP contribution is -2.45. The maximum Gasteiger partial charge on any atom is 0.313 e. The van der Waals surface area contributed by atoms with Crippen molar-refractivity contribution in [2.24, 2.45) is 0 Å². The van der Waals surface area contributed by atoms with Crippen molar-refractivity contribution in [2.45, 2.75) is 38.2 Å². The van der Waals surface area contributed by atoms with E-state index in [-0.39, 0.29) is 23.8 Å². The van der Waals surface area contributed by atoms with Gasteiger partial charge >= 0.3 is 11.7 Å². The van der Waals surface area contributed by atoms with Crippen molar-refractivity contribution < 1.29 is 19.2 Å². The zero-order valence-electron chi connectivity index (χ0n) is 11.5. The van der Waals surface area contributed by atoms with Gasteiger partial charge < -0.3 is 9.47 Å². The molecular weight excluding hydrogens is 262 g/mol. The van der Waals surface area contributed by atoms with Gasteiger partial charge in [-0.2, -0.15) is 0 Å². The minimum Gasteiger partial charge on any atom is -0.480 e. The number of methoxy groups -OCH3 is 1. The number of para-hydroxylation sites is 1. The Hall–Kier alpha value is -2.11. The predicted octanol–water partition coefficient (Wildman–Crippen LogP) is 2.77. The second-order valence-electron chi connectivity index (χ2n) is 5.07. The summed E-state index contributed by atoms with van der Waals surface area (Å²) in [6.07, 6.45) is 2.46. The number of carbonyl (C=O) groups excluding carboxylic acids is 1. The van der Waals surface area contributed by atoms with Gasteiger partial charge in [0.05, 0.1) is 18.5 Å². The number of nitrogens with zero attached hydrogens (tertiary/aromatic N) is 1. The number of ether oxygens (including phenoxy) is 2. The van der Waals surface area contributed by atoms with E-state index in [4.69, 9.17) is 4.74 Å². The molecule has 0 saturated heterocycles. The van der Waals surface area contributed by atoms with Crippen molar-refractivity contribution in [3.63, 3.8) is 0 Å². The smallest absolute Gasteiger partial charge is 0.313 e. The van der Waals surface area contributed by atoms with E-state index in [1.165, 1.54) is 7.11 Å². The summed E-state index contributed by atoms with van der Waals surface area (Å²) in [7, 11) is 1.32. The first kappa shape index (κ1) is 14.3. The van der Waals surface area contributed by atoms with Crippen molar-refractivity contribution in [1.82, 2.24) is 0 Å². The molecule has 6 nitrogen and oxygen atoms in total. The third-order valence-corrected chi connectivity index (χ3v) is 3.67. The lowest BCUT2D eigenvalue weighted by atomic mass is 9.77. The molecule has 0 aliphatic heterocycles. The van der Waals surface area contributed by atoms with Gasteiger partial charge in [-0.3, -0.25) is 14.9 Å². The lowest BCUT2D eigenvalue weighted by Gasteiger charge is -2.40. The van der Waals surface area contributed by atoms with Gasteiger partial charge in [-0.1, -0.05) is 12.1 Å². The molecule has 108 valence electrons. The Morgan fingerprint density at radius 3 is 2.65 bits per heavy atom. The molecule has 6 heteroatoms. The third kappa shape index (κ3) is 2.74. The van der Waals surface area contributed by atoms with Gasteiger partial charge in [0.2, 0.25) is 0 Å². The van der Waals surface area contributed by atoms with E-state index in [2.05, 4.69) is 4.74 Å². The highest BCUT2D eigenvalue weighted by Crippen LogP contribution is 2.42. The van der Waals surface area contributed by atoms with E-state index in [0.29, 0.717) is 18.4 Å². The topological polar surface area (TPSA) is 78.7 Å². The summed E-state index contributed by atoms with van der Waals surface area (Å²) in [5.41, 5.74) is -0.158. The van der Waals surface area contributed by atoms with Gasteiger partial charge in [0.25, 0.3) is 0 Å². The molecule has 0 atom stereocenters. The average Bonchev–Trinajstić information content (AvgIpc) is 2.35. The predicted molar refractivity (Wildman–Crippen MR) is 71.7 cm³/mol. The van der Waals surface area contributed by atoms with Crippen LogP contribution in [0.25, 0.3) is 0 Å². The van der Waals surface area contributed by atoms with Crippen LogP contribution in [0.2, 0.25) is 0 Å². The van der Waals surface area contributed by atoms with Gasteiger partial charge in [-0.15, -0.1) is 0 Å². The van der Waals surface area contributed by atoms with Crippen molar-refractivity contribution in [1.29, 1.82) is 0 Å². The highest BCUT2D eigenvalue weighted by molar-refractivity contribution is 5.71. The van der Waals surface area contributed by atoms with Crippen LogP contribution in [-0.2, 0) is 9.53 Å². The largest absolute Gasteiger partial charge is 0.480 e. The first-order valence-electron chi connectivity index (χ1n) is 6.47. The number of carbonyl (C=O) groups is 1. The summed E-state index contributed by atoms with van der Waals surface area (Å²) >= 11 is 0. The van der Waals surface area contributed by atoms with Gasteiger partial charge in [0.15, 0.2) is 5.75 Å². The summed E-state index contributed by atoms with van der Waals surface area (Å²) in [6.45, 7) is 1.67. The van der Waals surface area contributed by atoms with Gasteiger partial charge in [-0.05, 0) is 32.3 Å². The molecule has 1 fully saturated rings. The molecule has 1 aromatic rings. The molecule has 1 aromatic carbocycles. The number of hydrogen-bond donors (Lipinski definition) is 0. The molecule has 0 aromatic heterocycles. The molecule has 2 rings (SSSR count). The zero-order valence-corrected chi connectivity index (χ0v) is 11.5. The number of aryl methyl sites for hydroxylation is 1. The second kappa shape index (κ2) is 5.48. The standard InChI is InChI=1S/C14H17NO5/c1-10-5-3-6-11(13(10)15(17)18)20-14(7-4-8-14)9-12(16)19-2/h3,5-6H,4,7-9H2,1-2H3. The van der Waals surface area contributed by atoms with E-state index in [0.717, 1.165) is 6.42 Å². The Morgan fingerprint density at radius 1 is 1.45 bits per heavy atom. The van der Waals surface area contributed by atoms with Crippen LogP contribution in [0.4, 0.5) is 5.69 Å². The summed E-state index contributed by atoms with van der Waals surface area (Å²) in [5, 5.41) is 11.1. The number of rotatable bonds is 5. The zero-order chi connectivity index (χ0) is 14.8. The number of nitro groups is 1. The maximum absolute atomic E-state index is 11.5. The highest BCUT2D eigenvalue weighted by Gasteiger charge is 2.43. The number of nitro benzene ring substituents is 1. The third-order valence-electron chi connectivity index (χ3n) is 3.67. The Kier molecular flexibility index (Phi) is 3.92. The van der Waals surface area contributed by atoms with Crippen LogP contribution < -0.4 is 4.74 Å². The number of esters is 1. The monoisotopic (exact) mass is 279 g/mol. The molecule has 0 unspecified atom stereocenters. The summed E-state index contributed by atoms with van der Waals surface area (Å²) < 4.78 is 10.5. The first-order chi connectivity index (χ1) is 9.47. The van der Waals surface area contributed by atoms with E-state index >= 15 is 0 Å². The Labute approximate surface area is 116 Å². The molecule has 1 aliphatic rings. The number of hydrogen-bond acceptors (Lipinski definition) is 5. The van der Waals surface area contributed by atoms with E-state index < -0.39 is 10.5 Å². The molecule has 0 N–H and O–H groups in total. The quantitative estimate of drug-likeness (QED) is 0.470. The highest BCUT2D eigenvalue weighted by atomic mass is 16.6. The summed E-state index contributed by atoms with van der Waals surface area (Å²) in [5.74, 6) is -0.140. The van der Waals surface area contributed by atoms with Crippen molar-refractivity contribution >= 4 is 11.7 Å². The van der Waals surface area contributed by atoms with Gasteiger partial charge in [-0.25, -0.2) is 0 Å². The van der Waals surface area contributed by atoms with Gasteiger partial charge in [0, 0.05) is 5.56 Å². The Morgan fingerprint density at radius 2 is 2.15 bits per heavy atom. The molecular formula is C14H17NO5. The minimum absolute atomic E-state index is 0.0383. The fourth-order valence-electron chi connectivity index (χ4n) is 2.40. The maximum atomic E-state index is 11.5. The molecule has 1 aliphatic carbocycles. The van der Waals surface area contributed by atoms with Crippen LogP contribution in [0.5, 0.6) is 5.75 Å². The first-order valence-corrected chi connectivity index (χ1v) is 6.47. The normalized spacial score (nSPS) is 16.1. The van der Waals surface area contributed by atoms with Crippen molar-refractivity contribution in [3.8, 4) is 5.75 Å². The van der Waals surface area contributed by atoms with Crippen molar-refractivity contribution in [3.05, 3.63) is 33.9 Å². The SMILES string of the molecule is COC(=O)CC1(Oc2cccc(C)c2[N+](=O)[O-])CCC1. The van der Waals surface area contributed by atoms with E-state index in [1.807, 2.05) is 0 Å². The van der Waals surface area contributed by atoms with Crippen LogP contribution in [0.3, 0.4) is 0 Å². The Balaban J connectivity index is 2.26. The molecule has 20 heavy (non-hydrogen) atoms. The molecule has 0 amide bonds. The molecule has 0 radical (unpaired) electrons. The van der Waals surface area contributed by atoms with Gasteiger partial charge in [0.1, 0.15) is 5.60 Å². The van der Waals surface area contributed by atoms with Crippen LogP contribution in [0.1, 0.15) is 31.2 Å². The van der Waals surface area contributed by atoms with Crippen LogP contribution in [0.15, 0.2) is 18.2 Å². The average molecular weight is 279 g/mol. The van der Waals surface area contributed by atoms with Crippen LogP contribution >= 0.6 is 0 Å². The molecule has 0 heterocycles. The van der Waals surface area contributed by atoms with E-state index in [1.54, 1.807) is 25.1 Å². The lowest BCUT2D eigenvalue weighted by molar-refractivity contribution is -0.387. The number of benzene rings is 1. The summed E-state index contributed by atoms with van der Waals surface area (Å²) in [6, 6.07) is 4.95. The molecule has 0 bridgehead atoms. The molecule has 0 spiro atoms. The molecule has 1 saturated carbocycles. The fraction of sp³-hybridized carbons (Fsp3) is 0.500. The minimum atomic E-state index is -0.661. The van der Waals surface area contributed by atoms with Crippen LogP contribution in [-0.4, -0.2) is 23.6 Å². The summed E-state index contributed by atoms with van der Waals surface area (Å²) in [4.78, 5) is 22.2. The Bertz CT molecular complexity index is 536. The second-order valence-corrected chi connectivity index (χ2v) is 5.07. The fourth-order valence-corrected chi connectivity index (χ4v) is 2.40. The van der Waals surface area contributed by atoms with E-state index in [9.17, 15) is 14.9 Å². The van der Waals surface area contributed by atoms with Crippen molar-refractivity contribution in [2.75, 3.05) is 7.11 Å². The van der Waals surface area contributed by atoms with Crippen LogP contribution in [0, 0.1) is 17.0 Å².